The van der Waals surface area contributed by atoms with Crippen molar-refractivity contribution in [2.75, 3.05) is 19.0 Å². The van der Waals surface area contributed by atoms with E-state index in [0.29, 0.717) is 16.9 Å². The molecule has 0 atom stereocenters. The van der Waals surface area contributed by atoms with E-state index in [9.17, 15) is 10.5 Å². The number of nitriles is 2. The summed E-state index contributed by atoms with van der Waals surface area (Å²) in [6, 6.07) is 12.6. The van der Waals surface area contributed by atoms with Gasteiger partial charge in [0.25, 0.3) is 0 Å². The standard InChI is InChI=1S/C25H27N3O/c1-18(23-22(17-27)24(19(2)16-26)29-25(23,3)4)10-8-7-9-11-20-12-14-21(15-13-20)28(5)6/h7-15H,1-6H3/b8-7+,11-9+,18-10+,24-19+. The van der Waals surface area contributed by atoms with Crippen LogP contribution in [0.4, 0.5) is 5.69 Å². The van der Waals surface area contributed by atoms with Crippen molar-refractivity contribution < 1.29 is 4.74 Å². The van der Waals surface area contributed by atoms with Crippen molar-refractivity contribution >= 4 is 11.8 Å². The van der Waals surface area contributed by atoms with Gasteiger partial charge in [-0.25, -0.2) is 0 Å². The van der Waals surface area contributed by atoms with Crippen molar-refractivity contribution in [3.05, 3.63) is 82.2 Å². The highest BCUT2D eigenvalue weighted by atomic mass is 16.5. The number of rotatable bonds is 5. The van der Waals surface area contributed by atoms with Crippen LogP contribution in [-0.2, 0) is 4.74 Å². The second-order valence-corrected chi connectivity index (χ2v) is 7.62. The van der Waals surface area contributed by atoms with Gasteiger partial charge in [0.1, 0.15) is 17.2 Å². The molecule has 4 heteroatoms. The highest BCUT2D eigenvalue weighted by Gasteiger charge is 2.39. The lowest BCUT2D eigenvalue weighted by Gasteiger charge is -2.23. The van der Waals surface area contributed by atoms with Gasteiger partial charge in [0, 0.05) is 25.4 Å². The Kier molecular flexibility index (Phi) is 6.86. The van der Waals surface area contributed by atoms with Crippen LogP contribution in [0.15, 0.2) is 76.6 Å². The second kappa shape index (κ2) is 9.13. The number of hydrogen-bond acceptors (Lipinski definition) is 4. The topological polar surface area (TPSA) is 60.0 Å². The Labute approximate surface area is 174 Å². The number of hydrogen-bond donors (Lipinski definition) is 0. The number of benzene rings is 1. The van der Waals surface area contributed by atoms with E-state index in [4.69, 9.17) is 4.74 Å². The minimum Gasteiger partial charge on any atom is -0.481 e. The average molecular weight is 386 g/mol. The number of ether oxygens (including phenoxy) is 1. The van der Waals surface area contributed by atoms with Crippen molar-refractivity contribution in [2.45, 2.75) is 33.3 Å². The van der Waals surface area contributed by atoms with Crippen LogP contribution in [0.25, 0.3) is 6.08 Å². The van der Waals surface area contributed by atoms with Gasteiger partial charge >= 0.3 is 0 Å². The fraction of sp³-hybridized carbons (Fsp3) is 0.280. The normalized spacial score (nSPS) is 18.0. The third-order valence-corrected chi connectivity index (χ3v) is 4.72. The minimum absolute atomic E-state index is 0.382. The minimum atomic E-state index is -0.656. The molecular weight excluding hydrogens is 358 g/mol. The van der Waals surface area contributed by atoms with E-state index in [-0.39, 0.29) is 0 Å². The van der Waals surface area contributed by atoms with Crippen LogP contribution in [0.2, 0.25) is 0 Å². The summed E-state index contributed by atoms with van der Waals surface area (Å²) in [7, 11) is 4.04. The molecule has 0 fully saturated rings. The van der Waals surface area contributed by atoms with Crippen molar-refractivity contribution in [1.29, 1.82) is 10.5 Å². The van der Waals surface area contributed by atoms with Crippen LogP contribution in [0.5, 0.6) is 0 Å². The molecule has 1 aromatic rings. The third-order valence-electron chi connectivity index (χ3n) is 4.72. The van der Waals surface area contributed by atoms with Crippen LogP contribution in [0.3, 0.4) is 0 Å². The monoisotopic (exact) mass is 385 g/mol. The van der Waals surface area contributed by atoms with Gasteiger partial charge in [0.05, 0.1) is 11.6 Å². The van der Waals surface area contributed by atoms with Gasteiger partial charge in [-0.05, 0) is 51.0 Å². The highest BCUT2D eigenvalue weighted by Crippen LogP contribution is 2.42. The first-order valence-electron chi connectivity index (χ1n) is 9.46. The maximum atomic E-state index is 9.63. The quantitative estimate of drug-likeness (QED) is 0.482. The smallest absolute Gasteiger partial charge is 0.152 e. The predicted octanol–water partition coefficient (Wildman–Crippen LogP) is 5.69. The van der Waals surface area contributed by atoms with Gasteiger partial charge in [-0.2, -0.15) is 10.5 Å². The van der Waals surface area contributed by atoms with Crippen molar-refractivity contribution in [3.8, 4) is 12.1 Å². The van der Waals surface area contributed by atoms with Crippen LogP contribution < -0.4 is 4.90 Å². The van der Waals surface area contributed by atoms with Crippen molar-refractivity contribution in [3.63, 3.8) is 0 Å². The number of anilines is 1. The van der Waals surface area contributed by atoms with Gasteiger partial charge in [-0.15, -0.1) is 0 Å². The fourth-order valence-corrected chi connectivity index (χ4v) is 3.26. The molecule has 0 unspecified atom stereocenters. The summed E-state index contributed by atoms with van der Waals surface area (Å²) in [5, 5.41) is 18.8. The highest BCUT2D eigenvalue weighted by molar-refractivity contribution is 5.60. The van der Waals surface area contributed by atoms with Gasteiger partial charge in [0.2, 0.25) is 0 Å². The molecule has 0 aliphatic carbocycles. The van der Waals surface area contributed by atoms with E-state index in [1.807, 2.05) is 65.2 Å². The van der Waals surface area contributed by atoms with Crippen LogP contribution in [0, 0.1) is 22.7 Å². The Hall–Kier alpha value is -3.50. The number of allylic oxidation sites excluding steroid dienone is 6. The number of nitrogens with zero attached hydrogens (tertiary/aromatic N) is 3. The fourth-order valence-electron chi connectivity index (χ4n) is 3.26. The van der Waals surface area contributed by atoms with Gasteiger partial charge in [-0.1, -0.05) is 42.5 Å². The lowest BCUT2D eigenvalue weighted by Crippen LogP contribution is -2.22. The molecule has 0 amide bonds. The Morgan fingerprint density at radius 3 is 2.24 bits per heavy atom. The molecule has 1 aliphatic rings. The van der Waals surface area contributed by atoms with Gasteiger partial charge in [-0.3, -0.25) is 0 Å². The van der Waals surface area contributed by atoms with E-state index in [2.05, 4.69) is 41.3 Å². The Morgan fingerprint density at radius 1 is 1.03 bits per heavy atom. The molecule has 0 radical (unpaired) electrons. The molecule has 1 heterocycles. The molecule has 148 valence electrons. The van der Waals surface area contributed by atoms with Crippen LogP contribution in [-0.4, -0.2) is 19.7 Å². The van der Waals surface area contributed by atoms with E-state index in [1.54, 1.807) is 6.92 Å². The molecule has 0 N–H and O–H groups in total. The largest absolute Gasteiger partial charge is 0.481 e. The first-order chi connectivity index (χ1) is 13.7. The Morgan fingerprint density at radius 2 is 1.69 bits per heavy atom. The van der Waals surface area contributed by atoms with Gasteiger partial charge < -0.3 is 9.64 Å². The molecule has 0 spiro atoms. The molecule has 0 saturated carbocycles. The molecule has 4 nitrogen and oxygen atoms in total. The summed E-state index contributed by atoms with van der Waals surface area (Å²) < 4.78 is 5.93. The molecule has 0 bridgehead atoms. The molecule has 0 aromatic heterocycles. The van der Waals surface area contributed by atoms with E-state index < -0.39 is 5.60 Å². The summed E-state index contributed by atoms with van der Waals surface area (Å²) in [6.45, 7) is 7.45. The van der Waals surface area contributed by atoms with Crippen molar-refractivity contribution in [1.82, 2.24) is 0 Å². The first kappa shape index (κ1) is 21.8. The average Bonchev–Trinajstić information content (AvgIpc) is 2.97. The summed E-state index contributed by atoms with van der Waals surface area (Å²) in [5.41, 5.74) is 4.24. The summed E-state index contributed by atoms with van der Waals surface area (Å²) in [6.07, 6.45) is 9.88. The van der Waals surface area contributed by atoms with E-state index in [1.165, 1.54) is 5.69 Å². The van der Waals surface area contributed by atoms with E-state index in [0.717, 1.165) is 16.7 Å². The zero-order valence-corrected chi connectivity index (χ0v) is 17.9. The first-order valence-corrected chi connectivity index (χ1v) is 9.46. The summed E-state index contributed by atoms with van der Waals surface area (Å²) >= 11 is 0. The molecule has 0 saturated heterocycles. The predicted molar refractivity (Wildman–Crippen MR) is 119 cm³/mol. The van der Waals surface area contributed by atoms with Gasteiger partial charge in [0.15, 0.2) is 5.76 Å². The molecule has 1 aliphatic heterocycles. The molecule has 1 aromatic carbocycles. The molecule has 29 heavy (non-hydrogen) atoms. The lowest BCUT2D eigenvalue weighted by atomic mass is 9.89. The Balaban J connectivity index is 2.21. The van der Waals surface area contributed by atoms with Crippen LogP contribution in [0.1, 0.15) is 33.3 Å². The maximum absolute atomic E-state index is 9.63. The maximum Gasteiger partial charge on any atom is 0.152 e. The van der Waals surface area contributed by atoms with Crippen LogP contribution >= 0.6 is 0 Å². The summed E-state index contributed by atoms with van der Waals surface area (Å²) in [4.78, 5) is 2.07. The Bertz CT molecular complexity index is 1000. The van der Waals surface area contributed by atoms with Crippen molar-refractivity contribution in [2.24, 2.45) is 0 Å². The van der Waals surface area contributed by atoms with E-state index >= 15 is 0 Å². The zero-order chi connectivity index (χ0) is 21.6. The molecule has 2 rings (SSSR count). The molecular formula is C25H27N3O. The lowest BCUT2D eigenvalue weighted by molar-refractivity contribution is 0.0938. The third kappa shape index (κ3) is 5.06. The zero-order valence-electron chi connectivity index (χ0n) is 17.9. The SMILES string of the molecule is C\C(=C/C=C/C=C/c1ccc(N(C)C)cc1)C1=C(C#N)/C(=C(/C)C#N)OC1(C)C. The second-order valence-electron chi connectivity index (χ2n) is 7.62. The summed E-state index contributed by atoms with van der Waals surface area (Å²) in [5.74, 6) is 0.382.